The first-order valence-electron chi connectivity index (χ1n) is 38.2. The molecule has 0 aromatic rings. The van der Waals surface area contributed by atoms with Crippen LogP contribution < -0.4 is 80.6 Å². The van der Waals surface area contributed by atoms with Gasteiger partial charge in [-0.1, -0.05) is 19.3 Å². The van der Waals surface area contributed by atoms with Crippen LogP contribution in [0.15, 0.2) is 0 Å². The van der Waals surface area contributed by atoms with E-state index in [0.717, 1.165) is 31.4 Å². The molecule has 2 rings (SSSR count). The van der Waals surface area contributed by atoms with Gasteiger partial charge in [0, 0.05) is 101 Å². The van der Waals surface area contributed by atoms with E-state index in [1.54, 1.807) is 0 Å². The van der Waals surface area contributed by atoms with Crippen molar-refractivity contribution in [2.75, 3.05) is 131 Å². The van der Waals surface area contributed by atoms with E-state index in [1.807, 2.05) is 11.8 Å². The number of amides is 13. The van der Waals surface area contributed by atoms with Crippen LogP contribution in [0.2, 0.25) is 0 Å². The zero-order valence-corrected chi connectivity index (χ0v) is 65.2. The predicted molar refractivity (Wildman–Crippen MR) is 403 cm³/mol. The number of nitrogens with two attached hydrogens (primary N) is 2. The van der Waals surface area contributed by atoms with Gasteiger partial charge in [0.25, 0.3) is 0 Å². The van der Waals surface area contributed by atoms with Gasteiger partial charge in [-0.15, -0.1) is 0 Å². The lowest BCUT2D eigenvalue weighted by atomic mass is 9.95. The predicted octanol–water partition coefficient (Wildman–Crippen LogP) is -6.32. The summed E-state index contributed by atoms with van der Waals surface area (Å²) >= 11 is 1.87. The fourth-order valence-electron chi connectivity index (χ4n) is 11.4. The normalized spacial score (nSPS) is 16.1. The molecule has 10 atom stereocenters. The van der Waals surface area contributed by atoms with Gasteiger partial charge >= 0.3 is 6.03 Å². The summed E-state index contributed by atoms with van der Waals surface area (Å²) in [7, 11) is 0. The largest absolute Gasteiger partial charge is 0.394 e. The molecule has 0 saturated carbocycles. The van der Waals surface area contributed by atoms with E-state index >= 15 is 0 Å². The Morgan fingerprint density at radius 2 is 0.857 bits per heavy atom. The number of urea groups is 1. The highest BCUT2D eigenvalue weighted by molar-refractivity contribution is 8.00. The van der Waals surface area contributed by atoms with Crippen molar-refractivity contribution >= 4 is 112 Å². The standard InChI is InChI=1S/C71H121N15O25S/c1-45(91)36-79-49(66(72)102)14-7-10-24-76-68(104)47(35-48(93)42-110-33-31-109-30-28-75-64(101)43-111-34-32-108-29-27-74-59(96)17-5-3-4-16-58-65-55(44-112-58)85-71(107)86-65)13-6-9-25-77-69(105)53(40-89)83-62(99)22-20-56(94)51(38-87)81-60(97)18-12-19-61(98)82-52(39-88)57(95)21-23-63(100)84-54(41-90)70(106)78-26-11-8-15-50(67(73)103)80-37-46(2)92/h47,49-55,58,65,79-80,87-90H,3-44H2,1-2H3,(H2,72,102)(H2,73,103)(H,74,96)(H,75,101)(H,76,104)(H,77,105)(H,78,106)(H,81,97)(H,82,98)(H,83,99)(H,84,100)(H2,85,86,107)/t47-,49+,50+,51+,52+,53+,54+,55+,58+,65+/m1/s1. The third-order valence-electron chi connectivity index (χ3n) is 17.6. The second-order valence-corrected chi connectivity index (χ2v) is 28.4. The molecule has 2 fully saturated rings. The number of nitrogens with one attached hydrogen (secondary N) is 13. The number of fused-ring (bicyclic) bond motifs is 1. The number of aliphatic hydroxyl groups excluding tert-OH is 4. The molecule has 2 aliphatic rings. The van der Waals surface area contributed by atoms with Crippen LogP contribution in [0.4, 0.5) is 4.79 Å². The minimum atomic E-state index is -1.47. The molecule has 41 heteroatoms. The summed E-state index contributed by atoms with van der Waals surface area (Å²) in [4.78, 5) is 211. The molecule has 636 valence electrons. The summed E-state index contributed by atoms with van der Waals surface area (Å²) < 4.78 is 21.8. The van der Waals surface area contributed by atoms with E-state index < -0.39 is 165 Å². The van der Waals surface area contributed by atoms with Crippen LogP contribution in [0.3, 0.4) is 0 Å². The third kappa shape index (κ3) is 46.7. The molecule has 0 unspecified atom stereocenters. The maximum Gasteiger partial charge on any atom is 0.315 e. The van der Waals surface area contributed by atoms with Gasteiger partial charge in [-0.05, 0) is 84.5 Å². The molecular formula is C71H121N15O25S. The number of primary amides is 2. The molecule has 2 heterocycles. The van der Waals surface area contributed by atoms with Crippen molar-refractivity contribution in [1.29, 1.82) is 0 Å². The lowest BCUT2D eigenvalue weighted by molar-refractivity contribution is -0.132. The molecule has 0 aliphatic carbocycles. The fraction of sp³-hybridized carbons (Fsp3) is 0.761. The molecule has 0 spiro atoms. The summed E-state index contributed by atoms with van der Waals surface area (Å²) in [6.07, 6.45) is 4.18. The maximum absolute atomic E-state index is 13.5. The van der Waals surface area contributed by atoms with Crippen LogP contribution in [0.25, 0.3) is 0 Å². The van der Waals surface area contributed by atoms with Crippen molar-refractivity contribution in [2.24, 2.45) is 17.4 Å². The Labute approximate surface area is 656 Å². The Morgan fingerprint density at radius 1 is 0.429 bits per heavy atom. The highest BCUT2D eigenvalue weighted by atomic mass is 32.2. The Bertz CT molecular complexity index is 3000. The molecule has 0 aromatic carbocycles. The summed E-state index contributed by atoms with van der Waals surface area (Å²) in [6.45, 7) is 0.462. The van der Waals surface area contributed by atoms with Crippen molar-refractivity contribution < 1.29 is 121 Å². The average molecular weight is 1620 g/mol. The van der Waals surface area contributed by atoms with Gasteiger partial charge in [0.1, 0.15) is 48.9 Å². The molecule has 40 nitrogen and oxygen atoms in total. The van der Waals surface area contributed by atoms with E-state index in [1.165, 1.54) is 13.8 Å². The van der Waals surface area contributed by atoms with Gasteiger partial charge < -0.3 is 109 Å². The number of hydrogen-bond acceptors (Lipinski definition) is 28. The smallest absolute Gasteiger partial charge is 0.315 e. The number of rotatable bonds is 70. The molecule has 2 aliphatic heterocycles. The zero-order valence-electron chi connectivity index (χ0n) is 64.4. The first kappa shape index (κ1) is 99.8. The summed E-state index contributed by atoms with van der Waals surface area (Å²) in [5.41, 5.74) is 10.8. The van der Waals surface area contributed by atoms with Crippen molar-refractivity contribution in [1.82, 2.24) is 69.1 Å². The Kier molecular flexibility index (Phi) is 53.8. The number of ether oxygens (including phenoxy) is 4. The summed E-state index contributed by atoms with van der Waals surface area (Å²) in [6, 6.07) is -6.97. The number of Topliss-reactive ketones (excluding diaryl/α,β-unsaturated/α-hetero) is 5. The lowest BCUT2D eigenvalue weighted by Crippen LogP contribution is -2.49. The van der Waals surface area contributed by atoms with Gasteiger partial charge in [-0.2, -0.15) is 11.8 Å². The van der Waals surface area contributed by atoms with Crippen LogP contribution in [-0.4, -0.2) is 305 Å². The molecule has 21 N–H and O–H groups in total. The zero-order chi connectivity index (χ0) is 83.0. The van der Waals surface area contributed by atoms with E-state index in [9.17, 15) is 102 Å². The molecule has 13 amide bonds. The summed E-state index contributed by atoms with van der Waals surface area (Å²) in [5.74, 6) is -9.01. The Balaban J connectivity index is 1.69. The highest BCUT2D eigenvalue weighted by Gasteiger charge is 2.42. The monoisotopic (exact) mass is 1620 g/mol. The second kappa shape index (κ2) is 60.4. The minimum Gasteiger partial charge on any atom is -0.394 e. The topological polar surface area (TPSA) is 616 Å². The summed E-state index contributed by atoms with van der Waals surface area (Å²) in [5, 5.41) is 73.9. The molecular weight excluding hydrogens is 1490 g/mol. The van der Waals surface area contributed by atoms with Gasteiger partial charge in [0.15, 0.2) is 17.3 Å². The number of ketones is 5. The number of carbonyl (C=O) groups is 17. The minimum absolute atomic E-state index is 0.0168. The second-order valence-electron chi connectivity index (χ2n) is 27.1. The van der Waals surface area contributed by atoms with Gasteiger partial charge in [-0.3, -0.25) is 87.3 Å². The quantitative estimate of drug-likeness (QED) is 0.0199. The molecule has 0 radical (unpaired) electrons. The van der Waals surface area contributed by atoms with Crippen molar-refractivity contribution in [3.8, 4) is 0 Å². The van der Waals surface area contributed by atoms with Crippen molar-refractivity contribution in [2.45, 2.75) is 209 Å². The number of carbonyl (C=O) groups excluding carboxylic acids is 17. The SMILES string of the molecule is CC(=O)CN[C@@H](CCCCNC(=O)[C@H](CCCCNC(=O)[C@H](CO)NC(=O)CCC(=O)[C@H](CO)NC(=O)CCCC(=O)N[C@@H](CO)C(=O)CCC(=O)N[C@@H](CO)C(=O)NCCCC[C@H](NCC(C)=O)C(N)=O)CC(=O)COCCOCCNC(=O)COCCOCCNC(=O)CCCCC[C@@H]1SC[C@@H]2NC(=O)N[C@@H]21)C(N)=O. The van der Waals surface area contributed by atoms with Crippen LogP contribution >= 0.6 is 11.8 Å². The highest BCUT2D eigenvalue weighted by Crippen LogP contribution is 2.33. The average Bonchev–Trinajstić information content (AvgIpc) is 1.67. The van der Waals surface area contributed by atoms with Crippen molar-refractivity contribution in [3.05, 3.63) is 0 Å². The van der Waals surface area contributed by atoms with E-state index in [4.69, 9.17) is 30.4 Å². The first-order valence-corrected chi connectivity index (χ1v) is 39.2. The number of hydrogen-bond donors (Lipinski definition) is 19. The fourth-order valence-corrected chi connectivity index (χ4v) is 13.0. The molecule has 2 saturated heterocycles. The number of unbranched alkanes of at least 4 members (excludes halogenated alkanes) is 5. The van der Waals surface area contributed by atoms with Crippen LogP contribution in [-0.2, 0) is 95.7 Å². The third-order valence-corrected chi connectivity index (χ3v) is 19.1. The number of thioether (sulfide) groups is 1. The van der Waals surface area contributed by atoms with Gasteiger partial charge in [0.2, 0.25) is 65.0 Å². The van der Waals surface area contributed by atoms with E-state index in [2.05, 4.69) is 69.1 Å². The molecule has 112 heavy (non-hydrogen) atoms. The first-order chi connectivity index (χ1) is 53.6. The Hall–Kier alpha value is -8.26. The lowest BCUT2D eigenvalue weighted by Gasteiger charge is -2.18. The van der Waals surface area contributed by atoms with E-state index in [-0.39, 0.29) is 179 Å². The molecule has 0 aromatic heterocycles. The number of aliphatic hydroxyl groups is 4. The Morgan fingerprint density at radius 3 is 1.33 bits per heavy atom. The van der Waals surface area contributed by atoms with Crippen LogP contribution in [0, 0.1) is 5.92 Å². The van der Waals surface area contributed by atoms with Crippen LogP contribution in [0.1, 0.15) is 155 Å². The van der Waals surface area contributed by atoms with Crippen LogP contribution in [0.5, 0.6) is 0 Å². The maximum atomic E-state index is 13.5. The van der Waals surface area contributed by atoms with E-state index in [0.29, 0.717) is 56.7 Å². The van der Waals surface area contributed by atoms with Crippen molar-refractivity contribution in [3.63, 3.8) is 0 Å². The molecule has 0 bridgehead atoms. The van der Waals surface area contributed by atoms with Gasteiger partial charge in [-0.25, -0.2) is 4.79 Å². The van der Waals surface area contributed by atoms with Gasteiger partial charge in [0.05, 0.1) is 103 Å².